The molecule has 0 spiro atoms. The fourth-order valence-corrected chi connectivity index (χ4v) is 3.60. The smallest absolute Gasteiger partial charge is 0.410 e. The fourth-order valence-electron chi connectivity index (χ4n) is 3.60. The predicted molar refractivity (Wildman–Crippen MR) is 110 cm³/mol. The van der Waals surface area contributed by atoms with E-state index >= 15 is 0 Å². The second-order valence-electron chi connectivity index (χ2n) is 7.19. The van der Waals surface area contributed by atoms with Crippen molar-refractivity contribution in [3.63, 3.8) is 0 Å². The molecule has 2 amide bonds. The Kier molecular flexibility index (Phi) is 7.25. The van der Waals surface area contributed by atoms with Crippen molar-refractivity contribution < 1.29 is 19.4 Å². The van der Waals surface area contributed by atoms with Crippen LogP contribution in [0.25, 0.3) is 0 Å². The van der Waals surface area contributed by atoms with Gasteiger partial charge in [-0.2, -0.15) is 0 Å². The molecule has 0 bridgehead atoms. The monoisotopic (exact) mass is 396 g/mol. The van der Waals surface area contributed by atoms with Gasteiger partial charge in [0.1, 0.15) is 12.6 Å². The van der Waals surface area contributed by atoms with Gasteiger partial charge in [-0.3, -0.25) is 9.69 Å². The zero-order valence-corrected chi connectivity index (χ0v) is 16.7. The minimum atomic E-state index is -0.894. The number of aliphatic hydroxyl groups is 1. The van der Waals surface area contributed by atoms with Crippen molar-refractivity contribution in [2.75, 3.05) is 19.6 Å². The number of carbonyl (C=O) groups excluding carboxylic acids is 2. The number of nitrogens with zero attached hydrogens (tertiary/aromatic N) is 2. The summed E-state index contributed by atoms with van der Waals surface area (Å²) in [5.74, 6) is -0.231. The minimum absolute atomic E-state index is 0.138. The summed E-state index contributed by atoms with van der Waals surface area (Å²) >= 11 is 0. The van der Waals surface area contributed by atoms with Gasteiger partial charge in [0.05, 0.1) is 6.10 Å². The minimum Gasteiger partial charge on any atom is -0.445 e. The summed E-state index contributed by atoms with van der Waals surface area (Å²) in [7, 11) is 0. The van der Waals surface area contributed by atoms with Gasteiger partial charge in [0.15, 0.2) is 0 Å². The molecule has 1 fully saturated rings. The van der Waals surface area contributed by atoms with Gasteiger partial charge in [-0.25, -0.2) is 4.79 Å². The van der Waals surface area contributed by atoms with Crippen molar-refractivity contribution in [1.29, 1.82) is 0 Å². The van der Waals surface area contributed by atoms with Crippen molar-refractivity contribution >= 4 is 12.0 Å². The first-order valence-electron chi connectivity index (χ1n) is 10.1. The average molecular weight is 396 g/mol. The van der Waals surface area contributed by atoms with E-state index in [1.165, 1.54) is 4.90 Å². The molecule has 0 radical (unpaired) electrons. The molecular formula is C23H28N2O4. The van der Waals surface area contributed by atoms with Crippen LogP contribution in [0.2, 0.25) is 0 Å². The molecule has 1 unspecified atom stereocenters. The number of rotatable bonds is 7. The molecule has 2 atom stereocenters. The molecule has 29 heavy (non-hydrogen) atoms. The summed E-state index contributed by atoms with van der Waals surface area (Å²) in [4.78, 5) is 28.8. The molecule has 1 saturated heterocycles. The number of aliphatic hydroxyl groups excluding tert-OH is 1. The van der Waals surface area contributed by atoms with Gasteiger partial charge in [-0.05, 0) is 30.9 Å². The topological polar surface area (TPSA) is 70.1 Å². The second kappa shape index (κ2) is 10.1. The highest BCUT2D eigenvalue weighted by molar-refractivity contribution is 5.87. The Labute approximate surface area is 171 Å². The summed E-state index contributed by atoms with van der Waals surface area (Å²) in [5.41, 5.74) is 2.02. The molecule has 2 aromatic carbocycles. The summed E-state index contributed by atoms with van der Waals surface area (Å²) in [6, 6.07) is 18.4. The molecular weight excluding hydrogens is 368 g/mol. The molecule has 1 aliphatic rings. The van der Waals surface area contributed by atoms with Crippen molar-refractivity contribution in [3.05, 3.63) is 71.8 Å². The lowest BCUT2D eigenvalue weighted by molar-refractivity contribution is -0.138. The van der Waals surface area contributed by atoms with Gasteiger partial charge in [0.25, 0.3) is 0 Å². The zero-order chi connectivity index (χ0) is 20.6. The van der Waals surface area contributed by atoms with Crippen LogP contribution in [0.4, 0.5) is 4.79 Å². The highest BCUT2D eigenvalue weighted by Crippen LogP contribution is 2.22. The number of likely N-dealkylation sites (tertiary alicyclic amines) is 1. The number of benzene rings is 2. The van der Waals surface area contributed by atoms with Gasteiger partial charge >= 0.3 is 6.09 Å². The number of amides is 2. The summed E-state index contributed by atoms with van der Waals surface area (Å²) in [6.07, 6.45) is -0.352. The lowest BCUT2D eigenvalue weighted by Gasteiger charge is -2.30. The van der Waals surface area contributed by atoms with E-state index in [0.717, 1.165) is 17.5 Å². The molecule has 0 aromatic heterocycles. The van der Waals surface area contributed by atoms with Crippen LogP contribution in [0, 0.1) is 0 Å². The Balaban J connectivity index is 1.62. The third kappa shape index (κ3) is 5.35. The molecule has 3 rings (SSSR count). The largest absolute Gasteiger partial charge is 0.445 e. The highest BCUT2D eigenvalue weighted by Gasteiger charge is 2.43. The SMILES string of the molecule is CCN(CCc1ccccc1)C(=O)[C@@H]1C(O)CCN1C(=O)OCc1ccccc1. The van der Waals surface area contributed by atoms with Crippen molar-refractivity contribution in [3.8, 4) is 0 Å². The van der Waals surface area contributed by atoms with Crippen LogP contribution in [0.5, 0.6) is 0 Å². The van der Waals surface area contributed by atoms with E-state index in [2.05, 4.69) is 0 Å². The maximum atomic E-state index is 13.1. The number of hydrogen-bond acceptors (Lipinski definition) is 4. The standard InChI is InChI=1S/C23H28N2O4/c1-2-24(15-13-18-9-5-3-6-10-18)22(27)21-20(26)14-16-25(21)23(28)29-17-19-11-7-4-8-12-19/h3-12,20-21,26H,2,13-17H2,1H3/t20?,21-/m0/s1. The molecule has 2 aromatic rings. The first kappa shape index (κ1) is 20.9. The van der Waals surface area contributed by atoms with Gasteiger partial charge in [-0.15, -0.1) is 0 Å². The molecule has 1 heterocycles. The van der Waals surface area contributed by atoms with E-state index in [1.54, 1.807) is 4.90 Å². The summed E-state index contributed by atoms with van der Waals surface area (Å²) < 4.78 is 5.39. The first-order valence-corrected chi connectivity index (χ1v) is 10.1. The highest BCUT2D eigenvalue weighted by atomic mass is 16.6. The predicted octanol–water partition coefficient (Wildman–Crippen LogP) is 2.85. The Hall–Kier alpha value is -2.86. The van der Waals surface area contributed by atoms with Gasteiger partial charge < -0.3 is 14.7 Å². The van der Waals surface area contributed by atoms with Crippen molar-refractivity contribution in [2.45, 2.75) is 38.5 Å². The molecule has 0 aliphatic carbocycles. The van der Waals surface area contributed by atoms with Crippen LogP contribution in [-0.2, 0) is 22.6 Å². The normalized spacial score (nSPS) is 18.5. The van der Waals surface area contributed by atoms with Crippen LogP contribution in [0.3, 0.4) is 0 Å². The Morgan fingerprint density at radius 1 is 1.07 bits per heavy atom. The Bertz CT molecular complexity index is 797. The number of carbonyl (C=O) groups is 2. The molecule has 0 saturated carbocycles. The lowest BCUT2D eigenvalue weighted by atomic mass is 10.1. The van der Waals surface area contributed by atoms with Crippen LogP contribution >= 0.6 is 0 Å². The summed E-state index contributed by atoms with van der Waals surface area (Å²) in [6.45, 7) is 3.40. The van der Waals surface area contributed by atoms with Crippen LogP contribution < -0.4 is 0 Å². The number of likely N-dealkylation sites (N-methyl/N-ethyl adjacent to an activating group) is 1. The molecule has 6 heteroatoms. The van der Waals surface area contributed by atoms with E-state index in [4.69, 9.17) is 4.74 Å². The van der Waals surface area contributed by atoms with Gasteiger partial charge in [-0.1, -0.05) is 60.7 Å². The van der Waals surface area contributed by atoms with E-state index in [-0.39, 0.29) is 12.5 Å². The number of hydrogen-bond donors (Lipinski definition) is 1. The van der Waals surface area contributed by atoms with Crippen molar-refractivity contribution in [2.24, 2.45) is 0 Å². The fraction of sp³-hybridized carbons (Fsp3) is 0.391. The molecule has 1 N–H and O–H groups in total. The molecule has 154 valence electrons. The average Bonchev–Trinajstić information content (AvgIpc) is 3.15. The third-order valence-corrected chi connectivity index (χ3v) is 5.27. The van der Waals surface area contributed by atoms with Crippen LogP contribution in [0.15, 0.2) is 60.7 Å². The van der Waals surface area contributed by atoms with E-state index in [0.29, 0.717) is 26.1 Å². The molecule has 6 nitrogen and oxygen atoms in total. The van der Waals surface area contributed by atoms with E-state index in [9.17, 15) is 14.7 Å². The quantitative estimate of drug-likeness (QED) is 0.781. The third-order valence-electron chi connectivity index (χ3n) is 5.27. The number of ether oxygens (including phenoxy) is 1. The van der Waals surface area contributed by atoms with Gasteiger partial charge in [0, 0.05) is 19.6 Å². The second-order valence-corrected chi connectivity index (χ2v) is 7.19. The maximum Gasteiger partial charge on any atom is 0.410 e. The van der Waals surface area contributed by atoms with E-state index < -0.39 is 18.2 Å². The zero-order valence-electron chi connectivity index (χ0n) is 16.7. The van der Waals surface area contributed by atoms with Crippen LogP contribution in [-0.4, -0.2) is 58.7 Å². The van der Waals surface area contributed by atoms with Gasteiger partial charge in [0.2, 0.25) is 5.91 Å². The Morgan fingerprint density at radius 2 is 1.69 bits per heavy atom. The van der Waals surface area contributed by atoms with E-state index in [1.807, 2.05) is 67.6 Å². The molecule has 1 aliphatic heterocycles. The first-order chi connectivity index (χ1) is 14.1. The summed E-state index contributed by atoms with van der Waals surface area (Å²) in [5, 5.41) is 10.4. The maximum absolute atomic E-state index is 13.1. The van der Waals surface area contributed by atoms with Crippen LogP contribution in [0.1, 0.15) is 24.5 Å². The van der Waals surface area contributed by atoms with Crippen molar-refractivity contribution in [1.82, 2.24) is 9.80 Å². The Morgan fingerprint density at radius 3 is 2.31 bits per heavy atom. The lowest BCUT2D eigenvalue weighted by Crippen LogP contribution is -2.52.